The molecule has 2 aliphatic heterocycles. The molecule has 2 aromatic carbocycles. The number of hydrogen-bond donors (Lipinski definition) is 0. The molecule has 0 unspecified atom stereocenters. The van der Waals surface area contributed by atoms with Gasteiger partial charge in [0.25, 0.3) is 0 Å². The van der Waals surface area contributed by atoms with E-state index < -0.39 is 0 Å². The summed E-state index contributed by atoms with van der Waals surface area (Å²) in [7, 11) is 0. The number of anilines is 1. The predicted octanol–water partition coefficient (Wildman–Crippen LogP) is 3.26. The second-order valence-corrected chi connectivity index (χ2v) is 7.62. The Kier molecular flexibility index (Phi) is 4.99. The summed E-state index contributed by atoms with van der Waals surface area (Å²) < 4.78 is 32.1. The number of rotatable bonds is 5. The lowest BCUT2D eigenvalue weighted by molar-refractivity contribution is 0.122. The molecular weight excluding hydrogens is 395 g/mol. The van der Waals surface area contributed by atoms with Crippen LogP contribution in [0.25, 0.3) is 5.69 Å². The number of halogens is 1. The topological polar surface area (TPSA) is 61.6 Å². The average molecular weight is 414 g/mol. The van der Waals surface area contributed by atoms with Crippen LogP contribution in [0.3, 0.4) is 0 Å². The summed E-state index contributed by atoms with van der Waals surface area (Å²) in [5, 5.41) is 9.51. The van der Waals surface area contributed by atoms with Gasteiger partial charge in [-0.25, -0.2) is 4.39 Å². The first kappa shape index (κ1) is 18.3. The zero-order valence-electron chi connectivity index (χ0n) is 15.6. The van der Waals surface area contributed by atoms with Gasteiger partial charge in [-0.1, -0.05) is 23.9 Å². The van der Waals surface area contributed by atoms with E-state index >= 15 is 0 Å². The van der Waals surface area contributed by atoms with Crippen molar-refractivity contribution >= 4 is 17.7 Å². The minimum atomic E-state index is -0.296. The summed E-state index contributed by atoms with van der Waals surface area (Å²) in [6.07, 6.45) is 0. The van der Waals surface area contributed by atoms with Crippen LogP contribution in [0.4, 0.5) is 10.3 Å². The third kappa shape index (κ3) is 3.75. The van der Waals surface area contributed by atoms with Crippen LogP contribution in [-0.4, -0.2) is 47.9 Å². The number of nitrogens with zero attached hydrogens (tertiary/aromatic N) is 4. The van der Waals surface area contributed by atoms with E-state index in [4.69, 9.17) is 14.2 Å². The lowest BCUT2D eigenvalue weighted by atomic mass is 10.2. The van der Waals surface area contributed by atoms with Gasteiger partial charge in [0.2, 0.25) is 12.7 Å². The van der Waals surface area contributed by atoms with Crippen LogP contribution < -0.4 is 14.4 Å². The van der Waals surface area contributed by atoms with Crippen LogP contribution in [0.15, 0.2) is 47.6 Å². The largest absolute Gasteiger partial charge is 0.454 e. The molecule has 150 valence electrons. The van der Waals surface area contributed by atoms with Gasteiger partial charge in [-0.2, -0.15) is 0 Å². The number of thioether (sulfide) groups is 1. The van der Waals surface area contributed by atoms with Crippen molar-refractivity contribution in [2.24, 2.45) is 0 Å². The molecule has 29 heavy (non-hydrogen) atoms. The Balaban J connectivity index is 1.45. The zero-order chi connectivity index (χ0) is 19.6. The van der Waals surface area contributed by atoms with Crippen molar-refractivity contribution in [3.8, 4) is 17.2 Å². The zero-order valence-corrected chi connectivity index (χ0v) is 16.4. The molecule has 0 bridgehead atoms. The number of morpholine rings is 1. The molecule has 5 rings (SSSR count). The number of benzene rings is 2. The van der Waals surface area contributed by atoms with Gasteiger partial charge >= 0.3 is 0 Å². The van der Waals surface area contributed by atoms with Gasteiger partial charge in [0.05, 0.1) is 18.9 Å². The van der Waals surface area contributed by atoms with Crippen molar-refractivity contribution in [2.75, 3.05) is 38.0 Å². The molecule has 0 spiro atoms. The minimum absolute atomic E-state index is 0.253. The molecule has 9 heteroatoms. The van der Waals surface area contributed by atoms with Gasteiger partial charge in [0.1, 0.15) is 5.82 Å². The fraction of sp³-hybridized carbons (Fsp3) is 0.300. The fourth-order valence-electron chi connectivity index (χ4n) is 3.34. The van der Waals surface area contributed by atoms with E-state index in [1.54, 1.807) is 17.8 Å². The molecule has 1 aromatic heterocycles. The maximum atomic E-state index is 13.9. The van der Waals surface area contributed by atoms with Crippen molar-refractivity contribution in [3.05, 3.63) is 53.8 Å². The van der Waals surface area contributed by atoms with Crippen molar-refractivity contribution in [3.63, 3.8) is 0 Å². The Morgan fingerprint density at radius 1 is 1.00 bits per heavy atom. The van der Waals surface area contributed by atoms with Crippen LogP contribution in [0.5, 0.6) is 11.5 Å². The van der Waals surface area contributed by atoms with Gasteiger partial charge in [-0.3, -0.25) is 4.57 Å². The monoisotopic (exact) mass is 414 g/mol. The van der Waals surface area contributed by atoms with Crippen LogP contribution in [0.1, 0.15) is 5.56 Å². The summed E-state index contributed by atoms with van der Waals surface area (Å²) in [6, 6.07) is 12.4. The molecule has 0 N–H and O–H groups in total. The summed E-state index contributed by atoms with van der Waals surface area (Å²) in [5.41, 5.74) is 1.78. The van der Waals surface area contributed by atoms with Crippen molar-refractivity contribution in [1.82, 2.24) is 14.8 Å². The first-order valence-corrected chi connectivity index (χ1v) is 10.3. The summed E-state index contributed by atoms with van der Waals surface area (Å²) >= 11 is 1.54. The predicted molar refractivity (Wildman–Crippen MR) is 106 cm³/mol. The summed E-state index contributed by atoms with van der Waals surface area (Å²) in [6.45, 7) is 2.97. The second kappa shape index (κ2) is 7.92. The Labute approximate surface area is 171 Å². The maximum Gasteiger partial charge on any atom is 0.232 e. The molecule has 3 heterocycles. The molecule has 3 aromatic rings. The molecule has 0 radical (unpaired) electrons. The van der Waals surface area contributed by atoms with Crippen LogP contribution in [-0.2, 0) is 10.5 Å². The molecule has 1 fully saturated rings. The van der Waals surface area contributed by atoms with Crippen molar-refractivity contribution in [1.29, 1.82) is 0 Å². The van der Waals surface area contributed by atoms with Crippen LogP contribution in [0.2, 0.25) is 0 Å². The molecule has 0 amide bonds. The molecule has 1 saturated heterocycles. The van der Waals surface area contributed by atoms with Crippen LogP contribution in [0, 0.1) is 5.82 Å². The minimum Gasteiger partial charge on any atom is -0.454 e. The number of aromatic nitrogens is 3. The molecule has 7 nitrogen and oxygen atoms in total. The molecule has 0 saturated carbocycles. The molecule has 0 aliphatic carbocycles. The Morgan fingerprint density at radius 3 is 2.72 bits per heavy atom. The molecule has 0 atom stereocenters. The van der Waals surface area contributed by atoms with E-state index in [9.17, 15) is 4.39 Å². The standard InChI is InChI=1S/C20H19FN4O3S/c21-15-2-1-3-16(11-15)25-19(24-6-8-26-9-7-24)22-23-20(25)29-12-14-4-5-17-18(10-14)28-13-27-17/h1-5,10-11H,6-9,12-13H2. The summed E-state index contributed by atoms with van der Waals surface area (Å²) in [4.78, 5) is 2.12. The fourth-order valence-corrected chi connectivity index (χ4v) is 4.23. The average Bonchev–Trinajstić information content (AvgIpc) is 3.39. The first-order chi connectivity index (χ1) is 14.3. The van der Waals surface area contributed by atoms with Gasteiger partial charge in [0, 0.05) is 18.8 Å². The number of hydrogen-bond acceptors (Lipinski definition) is 7. The first-order valence-electron chi connectivity index (χ1n) is 9.33. The lowest BCUT2D eigenvalue weighted by Gasteiger charge is -2.27. The number of ether oxygens (including phenoxy) is 3. The van der Waals surface area contributed by atoms with Crippen LogP contribution >= 0.6 is 11.8 Å². The SMILES string of the molecule is Fc1cccc(-n2c(SCc3ccc4c(c3)OCO4)nnc2N2CCOCC2)c1. The highest BCUT2D eigenvalue weighted by atomic mass is 32.2. The maximum absolute atomic E-state index is 13.9. The lowest BCUT2D eigenvalue weighted by Crippen LogP contribution is -2.37. The highest BCUT2D eigenvalue weighted by Crippen LogP contribution is 2.35. The van der Waals surface area contributed by atoms with E-state index in [1.807, 2.05) is 28.8 Å². The smallest absolute Gasteiger partial charge is 0.232 e. The normalized spacial score (nSPS) is 15.7. The van der Waals surface area contributed by atoms with E-state index in [2.05, 4.69) is 15.1 Å². The Morgan fingerprint density at radius 2 is 1.86 bits per heavy atom. The van der Waals surface area contributed by atoms with E-state index in [1.165, 1.54) is 12.1 Å². The van der Waals surface area contributed by atoms with Gasteiger partial charge in [-0.05, 0) is 35.9 Å². The van der Waals surface area contributed by atoms with E-state index in [0.29, 0.717) is 35.8 Å². The van der Waals surface area contributed by atoms with Gasteiger partial charge < -0.3 is 19.1 Å². The number of fused-ring (bicyclic) bond motifs is 1. The summed E-state index contributed by atoms with van der Waals surface area (Å²) in [5.74, 6) is 2.59. The third-order valence-electron chi connectivity index (χ3n) is 4.78. The highest BCUT2D eigenvalue weighted by molar-refractivity contribution is 7.98. The highest BCUT2D eigenvalue weighted by Gasteiger charge is 2.22. The molecule has 2 aliphatic rings. The Bertz CT molecular complexity index is 1020. The Hall–Kier alpha value is -2.78. The van der Waals surface area contributed by atoms with Crippen molar-refractivity contribution < 1.29 is 18.6 Å². The van der Waals surface area contributed by atoms with Crippen molar-refractivity contribution in [2.45, 2.75) is 10.9 Å². The van der Waals surface area contributed by atoms with Gasteiger partial charge in [0.15, 0.2) is 16.7 Å². The quantitative estimate of drug-likeness (QED) is 0.594. The van der Waals surface area contributed by atoms with Gasteiger partial charge in [-0.15, -0.1) is 10.2 Å². The molecular formula is C20H19FN4O3S. The third-order valence-corrected chi connectivity index (χ3v) is 5.78. The van der Waals surface area contributed by atoms with E-state index in [-0.39, 0.29) is 12.6 Å². The second-order valence-electron chi connectivity index (χ2n) is 6.67. The van der Waals surface area contributed by atoms with E-state index in [0.717, 1.165) is 30.2 Å².